The zero-order chi connectivity index (χ0) is 15.6. The number of hydrogen-bond donors (Lipinski definition) is 1. The summed E-state index contributed by atoms with van der Waals surface area (Å²) in [5, 5.41) is 17.1. The van der Waals surface area contributed by atoms with Crippen LogP contribution in [-0.4, -0.2) is 20.7 Å². The second-order valence-corrected chi connectivity index (χ2v) is 5.78. The normalized spacial score (nSPS) is 15.6. The molecule has 1 heterocycles. The summed E-state index contributed by atoms with van der Waals surface area (Å²) in [6, 6.07) is 16.4. The quantitative estimate of drug-likeness (QED) is 0.573. The van der Waals surface area contributed by atoms with Crippen LogP contribution in [0.15, 0.2) is 66.1 Å². The van der Waals surface area contributed by atoms with Crippen molar-refractivity contribution in [2.75, 3.05) is 0 Å². The van der Waals surface area contributed by atoms with Gasteiger partial charge < -0.3 is 5.21 Å². The smallest absolute Gasteiger partial charge is 0.0870 e. The summed E-state index contributed by atoms with van der Waals surface area (Å²) in [4.78, 5) is 0. The number of hydrogen-bond acceptors (Lipinski definition) is 3. The molecule has 0 spiro atoms. The Hall–Kier alpha value is -2.88. The summed E-state index contributed by atoms with van der Waals surface area (Å²) in [7, 11) is 0. The third-order valence-electron chi connectivity index (χ3n) is 4.34. The fourth-order valence-corrected chi connectivity index (χ4v) is 3.12. The highest BCUT2D eigenvalue weighted by Gasteiger charge is 2.17. The van der Waals surface area contributed by atoms with Crippen LogP contribution >= 0.6 is 0 Å². The van der Waals surface area contributed by atoms with E-state index in [2.05, 4.69) is 28.5 Å². The van der Waals surface area contributed by atoms with Crippen molar-refractivity contribution in [3.63, 3.8) is 0 Å². The Balaban J connectivity index is 1.73. The van der Waals surface area contributed by atoms with Crippen LogP contribution < -0.4 is 0 Å². The van der Waals surface area contributed by atoms with Gasteiger partial charge in [-0.15, -0.1) is 0 Å². The third kappa shape index (κ3) is 2.52. The summed E-state index contributed by atoms with van der Waals surface area (Å²) >= 11 is 0. The van der Waals surface area contributed by atoms with Gasteiger partial charge in [0, 0.05) is 17.3 Å². The van der Waals surface area contributed by atoms with Crippen molar-refractivity contribution in [2.24, 2.45) is 5.16 Å². The van der Waals surface area contributed by atoms with Crippen molar-refractivity contribution in [2.45, 2.75) is 19.3 Å². The molecule has 1 aromatic heterocycles. The van der Waals surface area contributed by atoms with Gasteiger partial charge in [0.25, 0.3) is 0 Å². The molecular weight excluding hydrogens is 286 g/mol. The van der Waals surface area contributed by atoms with Crippen molar-refractivity contribution in [1.82, 2.24) is 9.78 Å². The average molecular weight is 303 g/mol. The lowest BCUT2D eigenvalue weighted by Gasteiger charge is -2.17. The van der Waals surface area contributed by atoms with E-state index in [-0.39, 0.29) is 0 Å². The Bertz CT molecular complexity index is 865. The molecule has 4 rings (SSSR count). The molecule has 0 saturated carbocycles. The first kappa shape index (κ1) is 13.8. The van der Waals surface area contributed by atoms with Crippen LogP contribution in [0.4, 0.5) is 0 Å². The lowest BCUT2D eigenvalue weighted by atomic mass is 9.88. The van der Waals surface area contributed by atoms with Crippen LogP contribution in [0.2, 0.25) is 0 Å². The van der Waals surface area contributed by atoms with Gasteiger partial charge in [-0.2, -0.15) is 5.10 Å². The highest BCUT2D eigenvalue weighted by atomic mass is 16.4. The van der Waals surface area contributed by atoms with E-state index in [1.165, 1.54) is 5.56 Å². The standard InChI is InChI=1S/C19H17N3O/c23-21-19-8-4-5-14-9-10-15(11-18(14)19)16-12-20-22(13-16)17-6-2-1-3-7-17/h1-3,6-7,9-13,23H,4-5,8H2/b21-19+. The van der Waals surface area contributed by atoms with Crippen LogP contribution in [0.3, 0.4) is 0 Å². The molecule has 0 radical (unpaired) electrons. The molecule has 1 N–H and O–H groups in total. The summed E-state index contributed by atoms with van der Waals surface area (Å²) in [5.41, 5.74) is 6.28. The maximum absolute atomic E-state index is 9.22. The van der Waals surface area contributed by atoms with Gasteiger partial charge in [-0.25, -0.2) is 4.68 Å². The first-order valence-electron chi connectivity index (χ1n) is 7.80. The van der Waals surface area contributed by atoms with Gasteiger partial charge in [0.05, 0.1) is 17.6 Å². The second kappa shape index (κ2) is 5.72. The van der Waals surface area contributed by atoms with Gasteiger partial charge in [0.1, 0.15) is 0 Å². The first-order chi connectivity index (χ1) is 11.3. The largest absolute Gasteiger partial charge is 0.411 e. The van der Waals surface area contributed by atoms with Gasteiger partial charge in [-0.1, -0.05) is 35.5 Å². The minimum atomic E-state index is 0.781. The van der Waals surface area contributed by atoms with Crippen molar-refractivity contribution in [3.05, 3.63) is 72.1 Å². The van der Waals surface area contributed by atoms with E-state index in [4.69, 9.17) is 0 Å². The molecule has 0 unspecified atom stereocenters. The Morgan fingerprint density at radius 1 is 1.00 bits per heavy atom. The molecule has 4 heteroatoms. The topological polar surface area (TPSA) is 50.4 Å². The molecule has 0 saturated heterocycles. The van der Waals surface area contributed by atoms with E-state index in [0.29, 0.717) is 0 Å². The van der Waals surface area contributed by atoms with E-state index in [9.17, 15) is 5.21 Å². The van der Waals surface area contributed by atoms with E-state index < -0.39 is 0 Å². The molecule has 4 nitrogen and oxygen atoms in total. The minimum Gasteiger partial charge on any atom is -0.411 e. The summed E-state index contributed by atoms with van der Waals surface area (Å²) in [5.74, 6) is 0. The lowest BCUT2D eigenvalue weighted by molar-refractivity contribution is 0.317. The first-order valence-corrected chi connectivity index (χ1v) is 7.80. The predicted molar refractivity (Wildman–Crippen MR) is 90.3 cm³/mol. The number of aryl methyl sites for hydroxylation is 1. The van der Waals surface area contributed by atoms with Crippen molar-refractivity contribution in [3.8, 4) is 16.8 Å². The highest BCUT2D eigenvalue weighted by Crippen LogP contribution is 2.28. The maximum atomic E-state index is 9.22. The monoisotopic (exact) mass is 303 g/mol. The Morgan fingerprint density at radius 3 is 2.70 bits per heavy atom. The van der Waals surface area contributed by atoms with Gasteiger partial charge >= 0.3 is 0 Å². The lowest BCUT2D eigenvalue weighted by Crippen LogP contribution is -2.11. The zero-order valence-corrected chi connectivity index (χ0v) is 12.7. The molecule has 0 amide bonds. The summed E-state index contributed by atoms with van der Waals surface area (Å²) < 4.78 is 1.87. The number of benzene rings is 2. The Kier molecular flexibility index (Phi) is 3.42. The van der Waals surface area contributed by atoms with E-state index in [0.717, 1.165) is 47.4 Å². The average Bonchev–Trinajstić information content (AvgIpc) is 3.11. The zero-order valence-electron chi connectivity index (χ0n) is 12.7. The maximum Gasteiger partial charge on any atom is 0.0870 e. The number of aromatic nitrogens is 2. The number of fused-ring (bicyclic) bond motifs is 1. The third-order valence-corrected chi connectivity index (χ3v) is 4.34. The van der Waals surface area contributed by atoms with Gasteiger partial charge in [0.2, 0.25) is 0 Å². The molecule has 2 aromatic carbocycles. The SMILES string of the molecule is O/N=C1\CCCc2ccc(-c3cnn(-c4ccccc4)c3)cc21. The number of para-hydroxylation sites is 1. The molecular formula is C19H17N3O. The summed E-state index contributed by atoms with van der Waals surface area (Å²) in [6.45, 7) is 0. The molecule has 23 heavy (non-hydrogen) atoms. The van der Waals surface area contributed by atoms with Crippen LogP contribution in [0, 0.1) is 0 Å². The van der Waals surface area contributed by atoms with Crippen LogP contribution in [0.25, 0.3) is 16.8 Å². The molecule has 0 bridgehead atoms. The fraction of sp³-hybridized carbons (Fsp3) is 0.158. The van der Waals surface area contributed by atoms with Crippen LogP contribution in [0.5, 0.6) is 0 Å². The number of nitrogens with zero attached hydrogens (tertiary/aromatic N) is 3. The van der Waals surface area contributed by atoms with Crippen molar-refractivity contribution in [1.29, 1.82) is 0 Å². The van der Waals surface area contributed by atoms with Crippen molar-refractivity contribution < 1.29 is 5.21 Å². The van der Waals surface area contributed by atoms with E-state index in [1.807, 2.05) is 47.4 Å². The molecule has 0 atom stereocenters. The fourth-order valence-electron chi connectivity index (χ4n) is 3.12. The van der Waals surface area contributed by atoms with Crippen LogP contribution in [0.1, 0.15) is 24.0 Å². The highest BCUT2D eigenvalue weighted by molar-refractivity contribution is 6.03. The molecule has 0 aliphatic heterocycles. The van der Waals surface area contributed by atoms with Crippen LogP contribution in [-0.2, 0) is 6.42 Å². The van der Waals surface area contributed by atoms with E-state index in [1.54, 1.807) is 0 Å². The minimum absolute atomic E-state index is 0.781. The van der Waals surface area contributed by atoms with Gasteiger partial charge in [0.15, 0.2) is 0 Å². The Morgan fingerprint density at radius 2 is 1.87 bits per heavy atom. The molecule has 1 aliphatic carbocycles. The van der Waals surface area contributed by atoms with Crippen molar-refractivity contribution >= 4 is 5.71 Å². The number of oxime groups is 1. The summed E-state index contributed by atoms with van der Waals surface area (Å²) in [6.07, 6.45) is 6.80. The molecule has 1 aliphatic rings. The molecule has 3 aromatic rings. The number of rotatable bonds is 2. The van der Waals surface area contributed by atoms with Gasteiger partial charge in [-0.3, -0.25) is 0 Å². The van der Waals surface area contributed by atoms with E-state index >= 15 is 0 Å². The predicted octanol–water partition coefficient (Wildman–Crippen LogP) is 4.05. The Labute approximate surface area is 134 Å². The molecule has 114 valence electrons. The molecule has 0 fully saturated rings. The second-order valence-electron chi connectivity index (χ2n) is 5.78. The van der Waals surface area contributed by atoms with Gasteiger partial charge in [-0.05, 0) is 48.6 Å².